The van der Waals surface area contributed by atoms with Crippen LogP contribution in [0.2, 0.25) is 0 Å². The van der Waals surface area contributed by atoms with Crippen molar-refractivity contribution in [3.63, 3.8) is 0 Å². The van der Waals surface area contributed by atoms with Crippen LogP contribution in [0.3, 0.4) is 0 Å². The summed E-state index contributed by atoms with van der Waals surface area (Å²) in [7, 11) is 0. The number of hydrogen-bond donors (Lipinski definition) is 2. The molecule has 13 heavy (non-hydrogen) atoms. The van der Waals surface area contributed by atoms with Gasteiger partial charge in [-0.05, 0) is 26.7 Å². The minimum Gasteiger partial charge on any atom is -0.379 e. The predicted octanol–water partition coefficient (Wildman–Crippen LogP) is 2.33. The molecule has 0 atom stereocenters. The number of hydrogen-bond acceptors (Lipinski definition) is 3. The van der Waals surface area contributed by atoms with Gasteiger partial charge in [-0.2, -0.15) is 5.26 Å². The maximum atomic E-state index is 8.73. The first-order valence-electron chi connectivity index (χ1n) is 4.36. The van der Waals surface area contributed by atoms with Crippen molar-refractivity contribution in [1.82, 2.24) is 0 Å². The van der Waals surface area contributed by atoms with Crippen molar-refractivity contribution < 1.29 is 0 Å². The molecule has 0 heterocycles. The zero-order chi connectivity index (χ0) is 10.3. The maximum absolute atomic E-state index is 8.73. The summed E-state index contributed by atoms with van der Waals surface area (Å²) in [6.07, 6.45) is 2.97. The smallest absolute Gasteiger partial charge is 0.151 e. The zero-order valence-corrected chi connectivity index (χ0v) is 9.08. The van der Waals surface area contributed by atoms with E-state index in [-0.39, 0.29) is 10.6 Å². The second kappa shape index (κ2) is 5.87. The van der Waals surface area contributed by atoms with Crippen molar-refractivity contribution in [2.24, 2.45) is 11.1 Å². The second-order valence-corrected chi connectivity index (χ2v) is 4.80. The lowest BCUT2D eigenvalue weighted by Gasteiger charge is -2.13. The number of unbranched alkanes of at least 4 members (excludes halogenated alkanes) is 1. The van der Waals surface area contributed by atoms with Crippen molar-refractivity contribution in [3.05, 3.63) is 0 Å². The second-order valence-electron chi connectivity index (χ2n) is 3.67. The van der Waals surface area contributed by atoms with E-state index in [1.54, 1.807) is 0 Å². The highest BCUT2D eigenvalue weighted by Gasteiger charge is 2.15. The van der Waals surface area contributed by atoms with Gasteiger partial charge in [0, 0.05) is 5.75 Å². The Labute approximate surface area is 84.2 Å². The number of nitrogens with zero attached hydrogens (tertiary/aromatic N) is 1. The molecule has 0 aromatic heterocycles. The molecule has 0 aromatic carbocycles. The molecule has 0 saturated heterocycles. The molecule has 74 valence electrons. The van der Waals surface area contributed by atoms with E-state index in [0.29, 0.717) is 0 Å². The molecule has 0 radical (unpaired) electrons. The van der Waals surface area contributed by atoms with Crippen molar-refractivity contribution >= 4 is 16.9 Å². The van der Waals surface area contributed by atoms with Gasteiger partial charge in [0.05, 0.1) is 11.5 Å². The van der Waals surface area contributed by atoms with Crippen LogP contribution in [-0.2, 0) is 0 Å². The van der Waals surface area contributed by atoms with E-state index in [0.717, 1.165) is 25.0 Å². The predicted molar refractivity (Wildman–Crippen MR) is 57.6 cm³/mol. The number of nitriles is 1. The molecule has 0 aliphatic rings. The molecule has 0 fully saturated rings. The van der Waals surface area contributed by atoms with Crippen LogP contribution >= 0.6 is 11.8 Å². The summed E-state index contributed by atoms with van der Waals surface area (Å²) in [6.45, 7) is 3.90. The fourth-order valence-electron chi connectivity index (χ4n) is 0.907. The fraction of sp³-hybridized carbons (Fsp3) is 0.778. The first-order chi connectivity index (χ1) is 5.98. The van der Waals surface area contributed by atoms with Gasteiger partial charge < -0.3 is 5.73 Å². The molecule has 0 aromatic rings. The lowest BCUT2D eigenvalue weighted by Crippen LogP contribution is -2.08. The third-order valence-corrected chi connectivity index (χ3v) is 2.56. The quantitative estimate of drug-likeness (QED) is 0.405. The van der Waals surface area contributed by atoms with Gasteiger partial charge in [0.15, 0.2) is 5.17 Å². The van der Waals surface area contributed by atoms with Crippen LogP contribution in [0.1, 0.15) is 33.1 Å². The van der Waals surface area contributed by atoms with Crippen LogP contribution in [0.15, 0.2) is 0 Å². The van der Waals surface area contributed by atoms with Crippen LogP contribution in [0.4, 0.5) is 0 Å². The fourth-order valence-corrected chi connectivity index (χ4v) is 1.48. The molecule has 3 nitrogen and oxygen atoms in total. The molecule has 0 unspecified atom stereocenters. The average Bonchev–Trinajstić information content (AvgIpc) is 2.03. The summed E-state index contributed by atoms with van der Waals surface area (Å²) in [4.78, 5) is 0. The molecule has 4 heteroatoms. The summed E-state index contributed by atoms with van der Waals surface area (Å²) >= 11 is 1.37. The Morgan fingerprint density at radius 3 is 2.62 bits per heavy atom. The SMILES string of the molecule is CC(C)(C#N)CCCCSC(=N)N. The van der Waals surface area contributed by atoms with E-state index >= 15 is 0 Å². The summed E-state index contributed by atoms with van der Waals surface area (Å²) in [6, 6.07) is 2.27. The maximum Gasteiger partial charge on any atom is 0.151 e. The minimum atomic E-state index is -0.207. The summed E-state index contributed by atoms with van der Waals surface area (Å²) in [5, 5.41) is 15.9. The van der Waals surface area contributed by atoms with Gasteiger partial charge in [0.2, 0.25) is 0 Å². The molecular formula is C9H17N3S. The summed E-state index contributed by atoms with van der Waals surface area (Å²) in [5.41, 5.74) is 4.97. The topological polar surface area (TPSA) is 73.7 Å². The van der Waals surface area contributed by atoms with Gasteiger partial charge >= 0.3 is 0 Å². The Morgan fingerprint density at radius 2 is 2.15 bits per heavy atom. The molecule has 0 bridgehead atoms. The Morgan fingerprint density at radius 1 is 1.54 bits per heavy atom. The third-order valence-electron chi connectivity index (χ3n) is 1.76. The Bertz CT molecular complexity index is 205. The standard InChI is InChI=1S/C9H17N3S/c1-9(2,7-10)5-3-4-6-13-8(11)12/h3-6H2,1-2H3,(H3,11,12). The van der Waals surface area contributed by atoms with Crippen LogP contribution in [0, 0.1) is 22.2 Å². The van der Waals surface area contributed by atoms with E-state index in [9.17, 15) is 0 Å². The molecule has 0 aliphatic carbocycles. The monoisotopic (exact) mass is 199 g/mol. The van der Waals surface area contributed by atoms with E-state index in [1.807, 2.05) is 13.8 Å². The Hall–Kier alpha value is -0.690. The van der Waals surface area contributed by atoms with E-state index in [4.69, 9.17) is 16.4 Å². The molecular weight excluding hydrogens is 182 g/mol. The number of nitrogens with two attached hydrogens (primary N) is 1. The van der Waals surface area contributed by atoms with Gasteiger partial charge in [0.1, 0.15) is 0 Å². The average molecular weight is 199 g/mol. The lowest BCUT2D eigenvalue weighted by atomic mass is 9.89. The normalized spacial score (nSPS) is 10.8. The van der Waals surface area contributed by atoms with Gasteiger partial charge in [-0.25, -0.2) is 0 Å². The van der Waals surface area contributed by atoms with Crippen molar-refractivity contribution in [2.45, 2.75) is 33.1 Å². The van der Waals surface area contributed by atoms with Crippen LogP contribution in [-0.4, -0.2) is 10.9 Å². The first kappa shape index (κ1) is 12.3. The van der Waals surface area contributed by atoms with E-state index < -0.39 is 0 Å². The van der Waals surface area contributed by atoms with Crippen LogP contribution in [0.25, 0.3) is 0 Å². The van der Waals surface area contributed by atoms with Crippen molar-refractivity contribution in [1.29, 1.82) is 10.7 Å². The molecule has 0 aliphatic heterocycles. The molecule has 0 spiro atoms. The highest BCUT2D eigenvalue weighted by molar-refractivity contribution is 8.13. The number of nitrogens with one attached hydrogen (secondary N) is 1. The minimum absolute atomic E-state index is 0.180. The molecule has 3 N–H and O–H groups in total. The van der Waals surface area contributed by atoms with Crippen molar-refractivity contribution in [2.75, 3.05) is 5.75 Å². The highest BCUT2D eigenvalue weighted by atomic mass is 32.2. The van der Waals surface area contributed by atoms with Gasteiger partial charge in [0.25, 0.3) is 0 Å². The number of amidine groups is 1. The highest BCUT2D eigenvalue weighted by Crippen LogP contribution is 2.22. The first-order valence-corrected chi connectivity index (χ1v) is 5.34. The van der Waals surface area contributed by atoms with Crippen LogP contribution in [0.5, 0.6) is 0 Å². The van der Waals surface area contributed by atoms with Gasteiger partial charge in [-0.1, -0.05) is 18.2 Å². The summed E-state index contributed by atoms with van der Waals surface area (Å²) < 4.78 is 0. The Balaban J connectivity index is 3.37. The largest absolute Gasteiger partial charge is 0.379 e. The lowest BCUT2D eigenvalue weighted by molar-refractivity contribution is 0.433. The van der Waals surface area contributed by atoms with Crippen molar-refractivity contribution in [3.8, 4) is 6.07 Å². The Kier molecular flexibility index (Phi) is 5.56. The summed E-state index contributed by atoms with van der Waals surface area (Å²) in [5.74, 6) is 0.886. The van der Waals surface area contributed by atoms with Gasteiger partial charge in [-0.15, -0.1) is 0 Å². The van der Waals surface area contributed by atoms with Gasteiger partial charge in [-0.3, -0.25) is 5.41 Å². The molecule has 0 saturated carbocycles. The van der Waals surface area contributed by atoms with E-state index in [1.165, 1.54) is 11.8 Å². The zero-order valence-electron chi connectivity index (χ0n) is 8.26. The van der Waals surface area contributed by atoms with E-state index in [2.05, 4.69) is 6.07 Å². The number of thioether (sulfide) groups is 1. The number of rotatable bonds is 5. The molecule has 0 amide bonds. The molecule has 0 rings (SSSR count). The third kappa shape index (κ3) is 7.66. The van der Waals surface area contributed by atoms with Crippen LogP contribution < -0.4 is 5.73 Å².